The van der Waals surface area contributed by atoms with Crippen molar-refractivity contribution in [2.45, 2.75) is 18.9 Å². The van der Waals surface area contributed by atoms with Crippen molar-refractivity contribution in [2.75, 3.05) is 0 Å². The topological polar surface area (TPSA) is 41.8 Å². The minimum atomic E-state index is -4.80. The summed E-state index contributed by atoms with van der Waals surface area (Å²) in [6.45, 7) is 1.17. The predicted octanol–water partition coefficient (Wildman–Crippen LogP) is 0.889. The number of rotatable bonds is 0. The van der Waals surface area contributed by atoms with Gasteiger partial charge in [-0.15, -0.1) is 0 Å². The zero-order chi connectivity index (χ0) is 8.70. The smallest absolute Gasteiger partial charge is 0.350 e. The van der Waals surface area contributed by atoms with E-state index in [2.05, 4.69) is 9.99 Å². The number of aliphatic hydroxyl groups is 1. The normalized spacial score (nSPS) is 37.4. The van der Waals surface area contributed by atoms with Gasteiger partial charge in [-0.25, -0.2) is 0 Å². The molecule has 1 heterocycles. The molecular formula is C5H6F3NO2. The van der Waals surface area contributed by atoms with Crippen molar-refractivity contribution in [1.82, 2.24) is 0 Å². The van der Waals surface area contributed by atoms with Crippen LogP contribution in [0.25, 0.3) is 0 Å². The number of oxime groups is 1. The van der Waals surface area contributed by atoms with Crippen LogP contribution in [0, 0.1) is 5.92 Å². The monoisotopic (exact) mass is 169 g/mol. The lowest BCUT2D eigenvalue weighted by atomic mass is 10.0. The van der Waals surface area contributed by atoms with Crippen molar-refractivity contribution in [2.24, 2.45) is 11.1 Å². The number of hydrogen-bond donors (Lipinski definition) is 1. The van der Waals surface area contributed by atoms with E-state index in [0.29, 0.717) is 0 Å². The molecule has 2 atom stereocenters. The van der Waals surface area contributed by atoms with Crippen LogP contribution in [0.2, 0.25) is 0 Å². The van der Waals surface area contributed by atoms with E-state index < -0.39 is 17.9 Å². The standard InChI is InChI=1S/C5H6F3NO2/c1-3-2-9-11-4(3,10)5(6,7)8/h2-3,10H,1H3/t3?,4-/m0/s1. The average molecular weight is 169 g/mol. The van der Waals surface area contributed by atoms with E-state index in [1.54, 1.807) is 0 Å². The maximum atomic E-state index is 11.9. The van der Waals surface area contributed by atoms with Crippen molar-refractivity contribution in [3.8, 4) is 0 Å². The van der Waals surface area contributed by atoms with Gasteiger partial charge >= 0.3 is 12.0 Å². The Bertz CT molecular complexity index is 191. The van der Waals surface area contributed by atoms with Gasteiger partial charge in [0, 0.05) is 0 Å². The Morgan fingerprint density at radius 3 is 2.36 bits per heavy atom. The van der Waals surface area contributed by atoms with E-state index in [4.69, 9.17) is 5.11 Å². The molecule has 0 aromatic rings. The van der Waals surface area contributed by atoms with E-state index in [0.717, 1.165) is 6.21 Å². The average Bonchev–Trinajstić information content (AvgIpc) is 2.12. The molecule has 0 saturated carbocycles. The molecule has 6 heteroatoms. The highest BCUT2D eigenvalue weighted by molar-refractivity contribution is 5.62. The maximum Gasteiger partial charge on any atom is 0.458 e. The first-order chi connectivity index (χ1) is 4.88. The van der Waals surface area contributed by atoms with Crippen LogP contribution >= 0.6 is 0 Å². The summed E-state index contributed by atoms with van der Waals surface area (Å²) in [5.41, 5.74) is 0. The maximum absolute atomic E-state index is 11.9. The minimum Gasteiger partial charge on any atom is -0.350 e. The highest BCUT2D eigenvalue weighted by Gasteiger charge is 2.62. The van der Waals surface area contributed by atoms with Crippen LogP contribution in [0.3, 0.4) is 0 Å². The third-order valence-corrected chi connectivity index (χ3v) is 1.50. The first-order valence-corrected chi connectivity index (χ1v) is 2.88. The molecule has 0 radical (unpaired) electrons. The third kappa shape index (κ3) is 1.07. The largest absolute Gasteiger partial charge is 0.458 e. The molecule has 0 bridgehead atoms. The Labute approximate surface area is 60.4 Å². The fourth-order valence-electron chi connectivity index (χ4n) is 0.696. The van der Waals surface area contributed by atoms with Gasteiger partial charge in [0.05, 0.1) is 12.1 Å². The van der Waals surface area contributed by atoms with E-state index >= 15 is 0 Å². The minimum absolute atomic E-state index is 0.910. The molecule has 0 amide bonds. The molecule has 3 nitrogen and oxygen atoms in total. The second-order valence-electron chi connectivity index (χ2n) is 2.33. The lowest BCUT2D eigenvalue weighted by Crippen LogP contribution is -2.49. The lowest BCUT2D eigenvalue weighted by Gasteiger charge is -2.26. The molecule has 11 heavy (non-hydrogen) atoms. The number of halogens is 3. The van der Waals surface area contributed by atoms with Gasteiger partial charge < -0.3 is 9.94 Å². The Hall–Kier alpha value is -0.780. The summed E-state index contributed by atoms with van der Waals surface area (Å²) in [5.74, 6) is -4.30. The Morgan fingerprint density at radius 1 is 1.64 bits per heavy atom. The SMILES string of the molecule is CC1C=NO[C@]1(O)C(F)(F)F. The molecular weight excluding hydrogens is 163 g/mol. The van der Waals surface area contributed by atoms with Gasteiger partial charge in [-0.05, 0) is 0 Å². The van der Waals surface area contributed by atoms with E-state index in [1.807, 2.05) is 0 Å². The highest BCUT2D eigenvalue weighted by atomic mass is 19.4. The zero-order valence-corrected chi connectivity index (χ0v) is 5.59. The van der Waals surface area contributed by atoms with Crippen molar-refractivity contribution in [3.05, 3.63) is 0 Å². The molecule has 64 valence electrons. The van der Waals surface area contributed by atoms with Crippen molar-refractivity contribution >= 4 is 6.21 Å². The summed E-state index contributed by atoms with van der Waals surface area (Å²) in [6.07, 6.45) is -3.89. The van der Waals surface area contributed by atoms with Gasteiger partial charge in [-0.1, -0.05) is 12.1 Å². The summed E-state index contributed by atoms with van der Waals surface area (Å²) in [6, 6.07) is 0. The fourth-order valence-corrected chi connectivity index (χ4v) is 0.696. The van der Waals surface area contributed by atoms with E-state index in [1.165, 1.54) is 6.92 Å². The molecule has 0 saturated heterocycles. The van der Waals surface area contributed by atoms with E-state index in [9.17, 15) is 13.2 Å². The van der Waals surface area contributed by atoms with Gasteiger partial charge in [0.2, 0.25) is 0 Å². The summed E-state index contributed by atoms with van der Waals surface area (Å²) >= 11 is 0. The van der Waals surface area contributed by atoms with Crippen molar-refractivity contribution in [1.29, 1.82) is 0 Å². The van der Waals surface area contributed by atoms with Crippen LogP contribution < -0.4 is 0 Å². The van der Waals surface area contributed by atoms with Gasteiger partial charge in [0.15, 0.2) is 0 Å². The van der Waals surface area contributed by atoms with Crippen LogP contribution in [0.5, 0.6) is 0 Å². The first kappa shape index (κ1) is 8.32. The zero-order valence-electron chi connectivity index (χ0n) is 5.59. The van der Waals surface area contributed by atoms with Gasteiger partial charge in [-0.3, -0.25) is 0 Å². The van der Waals surface area contributed by atoms with Crippen LogP contribution in [0.4, 0.5) is 13.2 Å². The second kappa shape index (κ2) is 2.10. The molecule has 0 aromatic heterocycles. The fraction of sp³-hybridized carbons (Fsp3) is 0.800. The number of nitrogens with zero attached hydrogens (tertiary/aromatic N) is 1. The quantitative estimate of drug-likeness (QED) is 0.585. The predicted molar refractivity (Wildman–Crippen MR) is 29.7 cm³/mol. The number of hydrogen-bond acceptors (Lipinski definition) is 3. The second-order valence-corrected chi connectivity index (χ2v) is 2.33. The third-order valence-electron chi connectivity index (χ3n) is 1.50. The molecule has 1 aliphatic rings. The molecule has 1 unspecified atom stereocenters. The molecule has 0 aliphatic carbocycles. The Balaban J connectivity index is 2.85. The van der Waals surface area contributed by atoms with Gasteiger partial charge in [0.1, 0.15) is 0 Å². The molecule has 1 N–H and O–H groups in total. The van der Waals surface area contributed by atoms with Gasteiger partial charge in [0.25, 0.3) is 0 Å². The van der Waals surface area contributed by atoms with Crippen LogP contribution in [0.15, 0.2) is 5.16 Å². The van der Waals surface area contributed by atoms with Crippen molar-refractivity contribution in [3.63, 3.8) is 0 Å². The van der Waals surface area contributed by atoms with Crippen molar-refractivity contribution < 1.29 is 23.1 Å². The molecule has 1 aliphatic heterocycles. The van der Waals surface area contributed by atoms with E-state index in [-0.39, 0.29) is 0 Å². The Kier molecular flexibility index (Phi) is 1.59. The van der Waals surface area contributed by atoms with Gasteiger partial charge in [-0.2, -0.15) is 13.2 Å². The summed E-state index contributed by atoms with van der Waals surface area (Å²) in [7, 11) is 0. The van der Waals surface area contributed by atoms with Crippen LogP contribution in [0.1, 0.15) is 6.92 Å². The molecule has 1 rings (SSSR count). The van der Waals surface area contributed by atoms with Crippen LogP contribution in [-0.2, 0) is 4.84 Å². The Morgan fingerprint density at radius 2 is 2.18 bits per heavy atom. The molecule has 0 spiro atoms. The van der Waals surface area contributed by atoms with Crippen LogP contribution in [-0.4, -0.2) is 23.3 Å². The summed E-state index contributed by atoms with van der Waals surface area (Å²) < 4.78 is 35.8. The summed E-state index contributed by atoms with van der Waals surface area (Å²) in [4.78, 5) is 3.82. The molecule has 0 fully saturated rings. The first-order valence-electron chi connectivity index (χ1n) is 2.88. The molecule has 0 aromatic carbocycles. The highest BCUT2D eigenvalue weighted by Crippen LogP contribution is 2.39. The summed E-state index contributed by atoms with van der Waals surface area (Å²) in [5, 5.41) is 11.7. The lowest BCUT2D eigenvalue weighted by molar-refractivity contribution is -0.368. The number of alkyl halides is 3.